The number of aryl methyl sites for hydroxylation is 2. The fourth-order valence-electron chi connectivity index (χ4n) is 4.05. The monoisotopic (exact) mass is 508 g/mol. The summed E-state index contributed by atoms with van der Waals surface area (Å²) in [5.74, 6) is 0.285. The Morgan fingerprint density at radius 2 is 1.89 bits per heavy atom. The number of aromatic nitrogens is 3. The predicted octanol–water partition coefficient (Wildman–Crippen LogP) is 3.17. The average Bonchev–Trinajstić information content (AvgIpc) is 3.52. The number of ether oxygens (including phenoxy) is 1. The molecule has 1 aliphatic rings. The summed E-state index contributed by atoms with van der Waals surface area (Å²) in [5.41, 5.74) is 9.25. The average molecular weight is 509 g/mol. The van der Waals surface area contributed by atoms with E-state index in [1.54, 1.807) is 0 Å². The summed E-state index contributed by atoms with van der Waals surface area (Å²) in [7, 11) is 0. The van der Waals surface area contributed by atoms with E-state index in [1.165, 1.54) is 22.9 Å². The number of rotatable bonds is 10. The number of thioether (sulfide) groups is 1. The van der Waals surface area contributed by atoms with Gasteiger partial charge in [0, 0.05) is 12.3 Å². The van der Waals surface area contributed by atoms with Crippen LogP contribution in [-0.2, 0) is 33.8 Å². The fourth-order valence-corrected chi connectivity index (χ4v) is 4.82. The summed E-state index contributed by atoms with van der Waals surface area (Å²) in [5, 5.41) is 12.8. The van der Waals surface area contributed by atoms with Crippen LogP contribution in [0.25, 0.3) is 0 Å². The number of amides is 2. The van der Waals surface area contributed by atoms with E-state index >= 15 is 0 Å². The Balaban J connectivity index is 1.33. The van der Waals surface area contributed by atoms with Gasteiger partial charge < -0.3 is 14.6 Å². The molecule has 0 unspecified atom stereocenters. The van der Waals surface area contributed by atoms with Crippen LogP contribution in [0.15, 0.2) is 53.7 Å². The molecular formula is C26H32N6O3S. The smallest absolute Gasteiger partial charge is 0.248 e. The maximum atomic E-state index is 12.4. The normalized spacial score (nSPS) is 15.0. The first-order valence-corrected chi connectivity index (χ1v) is 13.1. The van der Waals surface area contributed by atoms with Gasteiger partial charge >= 0.3 is 0 Å². The summed E-state index contributed by atoms with van der Waals surface area (Å²) in [6.07, 6.45) is 2.32. The highest BCUT2D eigenvalue weighted by molar-refractivity contribution is 7.99. The van der Waals surface area contributed by atoms with E-state index in [0.717, 1.165) is 36.5 Å². The standard InChI is InChI=1S/C26H32N6O3S/c1-18-10-11-22(19(2)13-18)27-15-23-28-31-26(32(23)16-21-9-6-12-35-21)36-17-25(34)30-29-24(33)14-20-7-4-3-5-8-20/h3-5,7-8,10-11,13,21,27H,6,9,12,14-17H2,1-2H3,(H,29,33)(H,30,34)/t21-/m1/s1. The van der Waals surface area contributed by atoms with Gasteiger partial charge in [-0.15, -0.1) is 10.2 Å². The third kappa shape index (κ3) is 7.32. The zero-order valence-corrected chi connectivity index (χ0v) is 21.4. The van der Waals surface area contributed by atoms with Crippen LogP contribution in [0, 0.1) is 13.8 Å². The second-order valence-electron chi connectivity index (χ2n) is 8.86. The lowest BCUT2D eigenvalue weighted by Crippen LogP contribution is -2.43. The Morgan fingerprint density at radius 1 is 1.08 bits per heavy atom. The molecule has 3 N–H and O–H groups in total. The number of hydrogen-bond acceptors (Lipinski definition) is 7. The van der Waals surface area contributed by atoms with Crippen molar-refractivity contribution in [3.05, 3.63) is 71.0 Å². The molecule has 36 heavy (non-hydrogen) atoms. The van der Waals surface area contributed by atoms with Crippen molar-refractivity contribution in [2.45, 2.75) is 57.5 Å². The van der Waals surface area contributed by atoms with Crippen molar-refractivity contribution in [2.75, 3.05) is 17.7 Å². The largest absolute Gasteiger partial charge is 0.378 e. The second kappa shape index (κ2) is 12.5. The van der Waals surface area contributed by atoms with Gasteiger partial charge in [0.15, 0.2) is 11.0 Å². The first-order chi connectivity index (χ1) is 17.5. The molecule has 1 aromatic heterocycles. The molecule has 10 heteroatoms. The molecule has 1 atom stereocenters. The van der Waals surface area contributed by atoms with E-state index in [2.05, 4.69) is 58.4 Å². The molecule has 2 amide bonds. The topological polar surface area (TPSA) is 110 Å². The van der Waals surface area contributed by atoms with Crippen LogP contribution in [-0.4, -0.2) is 45.0 Å². The Hall–Kier alpha value is -3.37. The van der Waals surface area contributed by atoms with E-state index in [9.17, 15) is 9.59 Å². The van der Waals surface area contributed by atoms with Gasteiger partial charge in [0.2, 0.25) is 11.8 Å². The number of anilines is 1. The predicted molar refractivity (Wildman–Crippen MR) is 139 cm³/mol. The number of carbonyl (C=O) groups is 2. The minimum Gasteiger partial charge on any atom is -0.378 e. The number of nitrogens with zero attached hydrogens (tertiary/aromatic N) is 3. The van der Waals surface area contributed by atoms with Crippen LogP contribution < -0.4 is 16.2 Å². The molecule has 4 rings (SSSR count). The van der Waals surface area contributed by atoms with Gasteiger partial charge in [0.1, 0.15) is 0 Å². The Bertz CT molecular complexity index is 1180. The molecule has 1 aliphatic heterocycles. The highest BCUT2D eigenvalue weighted by Crippen LogP contribution is 2.23. The highest BCUT2D eigenvalue weighted by atomic mass is 32.2. The van der Waals surface area contributed by atoms with Crippen molar-refractivity contribution in [1.82, 2.24) is 25.6 Å². The van der Waals surface area contributed by atoms with Gasteiger partial charge in [0.25, 0.3) is 0 Å². The van der Waals surface area contributed by atoms with Crippen molar-refractivity contribution >= 4 is 29.3 Å². The van der Waals surface area contributed by atoms with Crippen molar-refractivity contribution in [1.29, 1.82) is 0 Å². The Kier molecular flexibility index (Phi) is 8.96. The molecule has 0 bridgehead atoms. The Labute approximate surface area is 215 Å². The molecule has 2 heterocycles. The lowest BCUT2D eigenvalue weighted by atomic mass is 10.1. The molecule has 3 aromatic rings. The van der Waals surface area contributed by atoms with Crippen LogP contribution in [0.5, 0.6) is 0 Å². The van der Waals surface area contributed by atoms with Gasteiger partial charge in [-0.25, -0.2) is 0 Å². The fraction of sp³-hybridized carbons (Fsp3) is 0.385. The third-order valence-corrected chi connectivity index (χ3v) is 6.87. The SMILES string of the molecule is Cc1ccc(NCc2nnc(SCC(=O)NNC(=O)Cc3ccccc3)n2C[C@H]2CCCO2)c(C)c1. The molecule has 0 radical (unpaired) electrons. The molecule has 1 fully saturated rings. The van der Waals surface area contributed by atoms with Crippen molar-refractivity contribution < 1.29 is 14.3 Å². The first-order valence-electron chi connectivity index (χ1n) is 12.1. The van der Waals surface area contributed by atoms with Crippen molar-refractivity contribution in [3.8, 4) is 0 Å². The van der Waals surface area contributed by atoms with Crippen LogP contribution >= 0.6 is 11.8 Å². The first kappa shape index (κ1) is 25.7. The maximum Gasteiger partial charge on any atom is 0.248 e. The van der Waals surface area contributed by atoms with E-state index < -0.39 is 0 Å². The van der Waals surface area contributed by atoms with Crippen LogP contribution in [0.1, 0.15) is 35.4 Å². The highest BCUT2D eigenvalue weighted by Gasteiger charge is 2.21. The minimum absolute atomic E-state index is 0.0970. The van der Waals surface area contributed by atoms with Crippen LogP contribution in [0.4, 0.5) is 5.69 Å². The molecule has 0 saturated carbocycles. The summed E-state index contributed by atoms with van der Waals surface area (Å²) in [6.45, 7) is 6.05. The number of benzene rings is 2. The zero-order chi connectivity index (χ0) is 25.3. The molecule has 2 aromatic carbocycles. The van der Waals surface area contributed by atoms with E-state index in [4.69, 9.17) is 4.74 Å². The zero-order valence-electron chi connectivity index (χ0n) is 20.6. The molecule has 9 nitrogen and oxygen atoms in total. The summed E-state index contributed by atoms with van der Waals surface area (Å²) >= 11 is 1.28. The third-order valence-electron chi connectivity index (χ3n) is 5.90. The van der Waals surface area contributed by atoms with E-state index in [-0.39, 0.29) is 30.1 Å². The van der Waals surface area contributed by atoms with E-state index in [1.807, 2.05) is 34.9 Å². The van der Waals surface area contributed by atoms with Crippen molar-refractivity contribution in [3.63, 3.8) is 0 Å². The molecule has 0 spiro atoms. The van der Waals surface area contributed by atoms with Gasteiger partial charge in [-0.1, -0.05) is 59.8 Å². The lowest BCUT2D eigenvalue weighted by molar-refractivity contribution is -0.127. The van der Waals surface area contributed by atoms with Gasteiger partial charge in [0.05, 0.1) is 31.4 Å². The summed E-state index contributed by atoms with van der Waals surface area (Å²) in [6, 6.07) is 15.6. The Morgan fingerprint density at radius 3 is 2.64 bits per heavy atom. The van der Waals surface area contributed by atoms with Crippen molar-refractivity contribution in [2.24, 2.45) is 0 Å². The number of nitrogens with one attached hydrogen (secondary N) is 3. The van der Waals surface area contributed by atoms with Crippen LogP contribution in [0.2, 0.25) is 0 Å². The number of carbonyl (C=O) groups excluding carboxylic acids is 2. The van der Waals surface area contributed by atoms with Crippen LogP contribution in [0.3, 0.4) is 0 Å². The van der Waals surface area contributed by atoms with Gasteiger partial charge in [-0.3, -0.25) is 20.4 Å². The van der Waals surface area contributed by atoms with E-state index in [0.29, 0.717) is 18.2 Å². The van der Waals surface area contributed by atoms with Gasteiger partial charge in [-0.05, 0) is 43.9 Å². The summed E-state index contributed by atoms with van der Waals surface area (Å²) < 4.78 is 7.86. The molecule has 1 saturated heterocycles. The summed E-state index contributed by atoms with van der Waals surface area (Å²) in [4.78, 5) is 24.5. The number of hydrazine groups is 1. The molecule has 190 valence electrons. The quantitative estimate of drug-likeness (QED) is 0.285. The minimum atomic E-state index is -0.317. The maximum absolute atomic E-state index is 12.4. The molecular weight excluding hydrogens is 476 g/mol. The lowest BCUT2D eigenvalue weighted by Gasteiger charge is -2.16. The second-order valence-corrected chi connectivity index (χ2v) is 9.81. The number of hydrogen-bond donors (Lipinski definition) is 3. The molecule has 0 aliphatic carbocycles. The van der Waals surface area contributed by atoms with Gasteiger partial charge in [-0.2, -0.15) is 0 Å².